The fourth-order valence-corrected chi connectivity index (χ4v) is 4.08. The summed E-state index contributed by atoms with van der Waals surface area (Å²) in [7, 11) is 0.162. The third-order valence-corrected chi connectivity index (χ3v) is 5.44. The summed E-state index contributed by atoms with van der Waals surface area (Å²) in [5.74, 6) is -0.172. The third kappa shape index (κ3) is 6.54. The van der Waals surface area contributed by atoms with E-state index < -0.39 is 10.0 Å². The van der Waals surface area contributed by atoms with E-state index in [0.717, 1.165) is 11.8 Å². The minimum absolute atomic E-state index is 0.0784. The molecule has 1 heterocycles. The van der Waals surface area contributed by atoms with Crippen LogP contribution in [0.5, 0.6) is 0 Å². The van der Waals surface area contributed by atoms with E-state index >= 15 is 0 Å². The molecule has 29 heavy (non-hydrogen) atoms. The van der Waals surface area contributed by atoms with Crippen LogP contribution in [-0.2, 0) is 10.0 Å². The largest absolute Gasteiger partial charge is 0.331 e. The highest BCUT2D eigenvalue weighted by Gasteiger charge is 2.35. The highest BCUT2D eigenvalue weighted by Crippen LogP contribution is 2.21. The second-order valence-electron chi connectivity index (χ2n) is 7.24. The van der Waals surface area contributed by atoms with Crippen LogP contribution in [0, 0.1) is 5.82 Å². The zero-order valence-electron chi connectivity index (χ0n) is 17.2. The van der Waals surface area contributed by atoms with Crippen molar-refractivity contribution in [2.24, 2.45) is 0 Å². The van der Waals surface area contributed by atoms with Crippen LogP contribution in [0.1, 0.15) is 13.3 Å². The van der Waals surface area contributed by atoms with Crippen LogP contribution in [0.2, 0.25) is 0 Å². The van der Waals surface area contributed by atoms with Crippen molar-refractivity contribution in [3.63, 3.8) is 0 Å². The Bertz CT molecular complexity index is 920. The molecule has 1 N–H and O–H groups in total. The SMILES string of the molecule is C[C@H]1[C@@H](NS(C)(=O)=O)CCN1C(=O)N(C)C.Fc1ccccc1-c1ccccc1. The Labute approximate surface area is 172 Å². The first-order chi connectivity index (χ1) is 13.6. The van der Waals surface area contributed by atoms with E-state index in [0.29, 0.717) is 18.5 Å². The monoisotopic (exact) mass is 421 g/mol. The topological polar surface area (TPSA) is 69.7 Å². The van der Waals surface area contributed by atoms with Gasteiger partial charge >= 0.3 is 6.03 Å². The lowest BCUT2D eigenvalue weighted by molar-refractivity contribution is 0.167. The van der Waals surface area contributed by atoms with E-state index in [4.69, 9.17) is 0 Å². The van der Waals surface area contributed by atoms with Gasteiger partial charge in [-0.25, -0.2) is 22.3 Å². The highest BCUT2D eigenvalue weighted by molar-refractivity contribution is 7.88. The number of rotatable bonds is 3. The van der Waals surface area contributed by atoms with Gasteiger partial charge in [-0.3, -0.25) is 0 Å². The van der Waals surface area contributed by atoms with E-state index in [2.05, 4.69) is 4.72 Å². The molecule has 2 atom stereocenters. The van der Waals surface area contributed by atoms with Gasteiger partial charge in [0.2, 0.25) is 10.0 Å². The quantitative estimate of drug-likeness (QED) is 0.828. The van der Waals surface area contributed by atoms with Crippen molar-refractivity contribution < 1.29 is 17.6 Å². The first-order valence-electron chi connectivity index (χ1n) is 9.35. The number of carbonyl (C=O) groups is 1. The Morgan fingerprint density at radius 3 is 2.24 bits per heavy atom. The van der Waals surface area contributed by atoms with Gasteiger partial charge in [0.1, 0.15) is 5.82 Å². The summed E-state index contributed by atoms with van der Waals surface area (Å²) in [6.07, 6.45) is 1.80. The maximum Gasteiger partial charge on any atom is 0.319 e. The van der Waals surface area contributed by atoms with Gasteiger partial charge in [-0.05, 0) is 25.0 Å². The fourth-order valence-electron chi connectivity index (χ4n) is 3.21. The Morgan fingerprint density at radius 2 is 1.69 bits per heavy atom. The van der Waals surface area contributed by atoms with Crippen LogP contribution in [0.4, 0.5) is 9.18 Å². The van der Waals surface area contributed by atoms with E-state index in [1.54, 1.807) is 31.1 Å². The Hall–Kier alpha value is -2.45. The Morgan fingerprint density at radius 1 is 1.10 bits per heavy atom. The number of nitrogens with one attached hydrogen (secondary N) is 1. The lowest BCUT2D eigenvalue weighted by atomic mass is 10.1. The van der Waals surface area contributed by atoms with Crippen molar-refractivity contribution in [2.75, 3.05) is 26.9 Å². The molecule has 3 rings (SSSR count). The molecule has 158 valence electrons. The van der Waals surface area contributed by atoms with Gasteiger partial charge in [0.15, 0.2) is 0 Å². The molecule has 2 amide bonds. The first-order valence-corrected chi connectivity index (χ1v) is 11.2. The molecule has 2 aromatic carbocycles. The summed E-state index contributed by atoms with van der Waals surface area (Å²) in [6, 6.07) is 16.0. The molecule has 6 nitrogen and oxygen atoms in total. The van der Waals surface area contributed by atoms with Crippen LogP contribution < -0.4 is 4.72 Å². The number of halogens is 1. The van der Waals surface area contributed by atoms with Gasteiger partial charge in [0.25, 0.3) is 0 Å². The number of amides is 2. The first kappa shape index (κ1) is 22.8. The normalized spacial score (nSPS) is 18.7. The standard InChI is InChI=1S/C12H9F.C9H19N3O3S/c13-12-9-5-4-8-11(12)10-6-2-1-3-7-10;1-7-8(10-16(4,14)15)5-6-12(7)9(13)11(2)3/h1-9H;7-8,10H,5-6H2,1-4H3/t;7-,8-/m.0/s1. The van der Waals surface area contributed by atoms with E-state index in [-0.39, 0.29) is 23.9 Å². The second kappa shape index (κ2) is 9.84. The molecular formula is C21H28FN3O3S. The van der Waals surface area contributed by atoms with E-state index in [1.165, 1.54) is 11.0 Å². The number of carbonyl (C=O) groups excluding carboxylic acids is 1. The molecule has 8 heteroatoms. The third-order valence-electron chi connectivity index (χ3n) is 4.71. The van der Waals surface area contributed by atoms with Crippen molar-refractivity contribution in [3.05, 3.63) is 60.4 Å². The van der Waals surface area contributed by atoms with E-state index in [1.807, 2.05) is 43.3 Å². The predicted molar refractivity (Wildman–Crippen MR) is 113 cm³/mol. The van der Waals surface area contributed by atoms with Gasteiger partial charge < -0.3 is 9.80 Å². The average molecular weight is 422 g/mol. The van der Waals surface area contributed by atoms with Gasteiger partial charge in [-0.1, -0.05) is 48.5 Å². The molecule has 0 radical (unpaired) electrons. The molecule has 0 spiro atoms. The number of nitrogens with zero attached hydrogens (tertiary/aromatic N) is 2. The Balaban J connectivity index is 0.000000211. The maximum absolute atomic E-state index is 13.3. The summed E-state index contributed by atoms with van der Waals surface area (Å²) in [5.41, 5.74) is 1.57. The number of benzene rings is 2. The number of sulfonamides is 1. The molecule has 0 aliphatic carbocycles. The van der Waals surface area contributed by atoms with Crippen molar-refractivity contribution in [1.82, 2.24) is 14.5 Å². The molecule has 1 fully saturated rings. The lowest BCUT2D eigenvalue weighted by Crippen LogP contribution is -2.47. The maximum atomic E-state index is 13.3. The molecule has 0 unspecified atom stereocenters. The minimum atomic E-state index is -3.21. The van der Waals surface area contributed by atoms with Crippen LogP contribution in [-0.4, -0.2) is 63.2 Å². The summed E-state index contributed by atoms with van der Waals surface area (Å²) in [4.78, 5) is 14.9. The molecule has 0 saturated carbocycles. The Kier molecular flexibility index (Phi) is 7.75. The zero-order chi connectivity index (χ0) is 21.6. The van der Waals surface area contributed by atoms with Crippen LogP contribution in [0.3, 0.4) is 0 Å². The molecule has 1 aliphatic rings. The van der Waals surface area contributed by atoms with E-state index in [9.17, 15) is 17.6 Å². The van der Waals surface area contributed by atoms with Gasteiger partial charge in [0, 0.05) is 38.3 Å². The number of urea groups is 1. The lowest BCUT2D eigenvalue weighted by Gasteiger charge is -2.27. The summed E-state index contributed by atoms with van der Waals surface area (Å²) in [5, 5.41) is 0. The smallest absolute Gasteiger partial charge is 0.319 e. The second-order valence-corrected chi connectivity index (χ2v) is 9.02. The summed E-state index contributed by atoms with van der Waals surface area (Å²) < 4.78 is 38.1. The predicted octanol–water partition coefficient (Wildman–Crippen LogP) is 3.17. The van der Waals surface area contributed by atoms with Gasteiger partial charge in [0.05, 0.1) is 6.26 Å². The average Bonchev–Trinajstić information content (AvgIpc) is 3.01. The van der Waals surface area contributed by atoms with Gasteiger partial charge in [-0.15, -0.1) is 0 Å². The fraction of sp³-hybridized carbons (Fsp3) is 0.381. The van der Waals surface area contributed by atoms with Crippen LogP contribution >= 0.6 is 0 Å². The minimum Gasteiger partial charge on any atom is -0.331 e. The number of hydrogen-bond acceptors (Lipinski definition) is 3. The van der Waals surface area contributed by atoms with Crippen LogP contribution in [0.15, 0.2) is 54.6 Å². The zero-order valence-corrected chi connectivity index (χ0v) is 18.0. The molecule has 1 saturated heterocycles. The molecule has 1 aliphatic heterocycles. The van der Waals surface area contributed by atoms with Crippen molar-refractivity contribution in [2.45, 2.75) is 25.4 Å². The highest BCUT2D eigenvalue weighted by atomic mass is 32.2. The molecule has 0 bridgehead atoms. The summed E-state index contributed by atoms with van der Waals surface area (Å²) >= 11 is 0. The molecule has 0 aromatic heterocycles. The number of hydrogen-bond donors (Lipinski definition) is 1. The molecule has 2 aromatic rings. The van der Waals surface area contributed by atoms with Crippen molar-refractivity contribution in [1.29, 1.82) is 0 Å². The van der Waals surface area contributed by atoms with Crippen LogP contribution in [0.25, 0.3) is 11.1 Å². The molecular weight excluding hydrogens is 393 g/mol. The van der Waals surface area contributed by atoms with Crippen molar-refractivity contribution in [3.8, 4) is 11.1 Å². The van der Waals surface area contributed by atoms with Gasteiger partial charge in [-0.2, -0.15) is 0 Å². The number of likely N-dealkylation sites (tertiary alicyclic amines) is 1. The van der Waals surface area contributed by atoms with Crippen molar-refractivity contribution >= 4 is 16.1 Å². The summed E-state index contributed by atoms with van der Waals surface area (Å²) in [6.45, 7) is 2.45.